The molecule has 1 aromatic heterocycles. The van der Waals surface area contributed by atoms with E-state index in [2.05, 4.69) is 11.9 Å². The normalized spacial score (nSPS) is 17.4. The fourth-order valence-corrected chi connectivity index (χ4v) is 1.56. The van der Waals surface area contributed by atoms with Crippen LogP contribution in [0.15, 0.2) is 12.4 Å². The van der Waals surface area contributed by atoms with Gasteiger partial charge in [0.15, 0.2) is 0 Å². The van der Waals surface area contributed by atoms with Crippen LogP contribution >= 0.6 is 0 Å². The third-order valence-corrected chi connectivity index (χ3v) is 3.28. The minimum atomic E-state index is -0.272. The molecule has 86 valence electrons. The number of rotatable bonds is 5. The van der Waals surface area contributed by atoms with E-state index in [0.717, 1.165) is 18.7 Å². The number of hydrogen-bond acceptors (Lipinski definition) is 3. The highest BCUT2D eigenvalue weighted by Crippen LogP contribution is 2.20. The van der Waals surface area contributed by atoms with Crippen LogP contribution in [0.1, 0.15) is 26.1 Å². The summed E-state index contributed by atoms with van der Waals surface area (Å²) in [5, 5.41) is 0. The van der Waals surface area contributed by atoms with Crippen molar-refractivity contribution in [3.8, 4) is 0 Å². The van der Waals surface area contributed by atoms with Crippen molar-refractivity contribution in [2.24, 2.45) is 12.8 Å². The molecule has 2 atom stereocenters. The number of aromatic nitrogens is 2. The molecule has 4 heteroatoms. The first-order valence-electron chi connectivity index (χ1n) is 5.30. The lowest BCUT2D eigenvalue weighted by Crippen LogP contribution is -2.48. The molecule has 0 amide bonds. The number of ether oxygens (including phenoxy) is 1. The maximum Gasteiger partial charge on any atom is 0.110 e. The molecule has 15 heavy (non-hydrogen) atoms. The molecule has 0 aliphatic rings. The molecule has 0 aliphatic carbocycles. The SMILES string of the molecule is CCC(C)(OC)C(N)Cc1nccn1C. The van der Waals surface area contributed by atoms with Gasteiger partial charge < -0.3 is 15.0 Å². The van der Waals surface area contributed by atoms with Gasteiger partial charge in [0.2, 0.25) is 0 Å². The molecule has 0 saturated carbocycles. The first-order valence-corrected chi connectivity index (χ1v) is 5.30. The Balaban J connectivity index is 2.70. The summed E-state index contributed by atoms with van der Waals surface area (Å²) in [6, 6.07) is -0.0337. The standard InChI is InChI=1S/C11H21N3O/c1-5-11(2,15-4)9(12)8-10-13-6-7-14(10)3/h6-7,9H,5,8,12H2,1-4H3. The van der Waals surface area contributed by atoms with Crippen LogP contribution in [0, 0.1) is 0 Å². The van der Waals surface area contributed by atoms with E-state index in [1.807, 2.05) is 24.7 Å². The Kier molecular flexibility index (Phi) is 3.88. The summed E-state index contributed by atoms with van der Waals surface area (Å²) in [7, 11) is 3.69. The number of nitrogens with two attached hydrogens (primary N) is 1. The summed E-state index contributed by atoms with van der Waals surface area (Å²) < 4.78 is 7.47. The van der Waals surface area contributed by atoms with Crippen molar-refractivity contribution < 1.29 is 4.74 Å². The first-order chi connectivity index (χ1) is 7.03. The second-order valence-corrected chi connectivity index (χ2v) is 4.14. The van der Waals surface area contributed by atoms with Crippen LogP contribution in [0.4, 0.5) is 0 Å². The van der Waals surface area contributed by atoms with Crippen molar-refractivity contribution in [3.63, 3.8) is 0 Å². The lowest BCUT2D eigenvalue weighted by atomic mass is 9.91. The zero-order chi connectivity index (χ0) is 11.5. The lowest BCUT2D eigenvalue weighted by molar-refractivity contribution is -0.0190. The van der Waals surface area contributed by atoms with Crippen LogP contribution in [-0.2, 0) is 18.2 Å². The minimum absolute atomic E-state index is 0.0337. The Morgan fingerprint density at radius 1 is 1.67 bits per heavy atom. The van der Waals surface area contributed by atoms with Crippen LogP contribution in [0.3, 0.4) is 0 Å². The third-order valence-electron chi connectivity index (χ3n) is 3.28. The maximum atomic E-state index is 6.15. The first kappa shape index (κ1) is 12.2. The highest BCUT2D eigenvalue weighted by atomic mass is 16.5. The molecule has 2 unspecified atom stereocenters. The van der Waals surface area contributed by atoms with Crippen LogP contribution in [0.25, 0.3) is 0 Å². The van der Waals surface area contributed by atoms with Gasteiger partial charge in [-0.15, -0.1) is 0 Å². The van der Waals surface area contributed by atoms with Crippen LogP contribution in [0.2, 0.25) is 0 Å². The zero-order valence-corrected chi connectivity index (χ0v) is 10.0. The summed E-state index contributed by atoms with van der Waals surface area (Å²) in [5.41, 5.74) is 5.88. The van der Waals surface area contributed by atoms with E-state index in [1.54, 1.807) is 13.3 Å². The Morgan fingerprint density at radius 3 is 2.73 bits per heavy atom. The molecule has 4 nitrogen and oxygen atoms in total. The van der Waals surface area contributed by atoms with Gasteiger partial charge in [0, 0.05) is 39.0 Å². The fourth-order valence-electron chi connectivity index (χ4n) is 1.56. The summed E-state index contributed by atoms with van der Waals surface area (Å²) >= 11 is 0. The summed E-state index contributed by atoms with van der Waals surface area (Å²) in [5.74, 6) is 0.999. The maximum absolute atomic E-state index is 6.15. The van der Waals surface area contributed by atoms with E-state index in [9.17, 15) is 0 Å². The Bertz CT molecular complexity index is 305. The predicted molar refractivity (Wildman–Crippen MR) is 60.6 cm³/mol. The van der Waals surface area contributed by atoms with Gasteiger partial charge in [-0.1, -0.05) is 6.92 Å². The average Bonchev–Trinajstić information content (AvgIpc) is 2.63. The van der Waals surface area contributed by atoms with Gasteiger partial charge in [0.1, 0.15) is 5.82 Å². The summed E-state index contributed by atoms with van der Waals surface area (Å²) in [6.45, 7) is 4.13. The molecular formula is C11H21N3O. The summed E-state index contributed by atoms with van der Waals surface area (Å²) in [6.07, 6.45) is 5.35. The lowest BCUT2D eigenvalue weighted by Gasteiger charge is -2.33. The molecule has 1 rings (SSSR count). The average molecular weight is 211 g/mol. The van der Waals surface area contributed by atoms with Crippen molar-refractivity contribution in [3.05, 3.63) is 18.2 Å². The largest absolute Gasteiger partial charge is 0.377 e. The van der Waals surface area contributed by atoms with E-state index in [0.29, 0.717) is 0 Å². The molecule has 0 saturated heterocycles. The van der Waals surface area contributed by atoms with Gasteiger partial charge in [0.25, 0.3) is 0 Å². The third kappa shape index (κ3) is 2.58. The second kappa shape index (κ2) is 4.77. The van der Waals surface area contributed by atoms with Crippen LogP contribution in [0.5, 0.6) is 0 Å². The Labute approximate surface area is 91.4 Å². The monoisotopic (exact) mass is 211 g/mol. The smallest absolute Gasteiger partial charge is 0.110 e. The van der Waals surface area contributed by atoms with Crippen molar-refractivity contribution in [2.75, 3.05) is 7.11 Å². The van der Waals surface area contributed by atoms with Gasteiger partial charge in [-0.05, 0) is 13.3 Å². The molecule has 0 aliphatic heterocycles. The molecule has 0 radical (unpaired) electrons. The van der Waals surface area contributed by atoms with E-state index >= 15 is 0 Å². The molecule has 0 fully saturated rings. The van der Waals surface area contributed by atoms with E-state index < -0.39 is 0 Å². The number of hydrogen-bond donors (Lipinski definition) is 1. The van der Waals surface area contributed by atoms with Gasteiger partial charge in [-0.25, -0.2) is 4.98 Å². The van der Waals surface area contributed by atoms with Crippen LogP contribution < -0.4 is 5.73 Å². The van der Waals surface area contributed by atoms with Gasteiger partial charge in [-0.2, -0.15) is 0 Å². The number of imidazole rings is 1. The topological polar surface area (TPSA) is 53.1 Å². The Morgan fingerprint density at radius 2 is 2.33 bits per heavy atom. The van der Waals surface area contributed by atoms with E-state index in [-0.39, 0.29) is 11.6 Å². The quantitative estimate of drug-likeness (QED) is 0.793. The van der Waals surface area contributed by atoms with Crippen molar-refractivity contribution >= 4 is 0 Å². The molecule has 0 bridgehead atoms. The summed E-state index contributed by atoms with van der Waals surface area (Å²) in [4.78, 5) is 4.27. The fraction of sp³-hybridized carbons (Fsp3) is 0.727. The van der Waals surface area contributed by atoms with Crippen molar-refractivity contribution in [1.82, 2.24) is 9.55 Å². The van der Waals surface area contributed by atoms with E-state index in [4.69, 9.17) is 10.5 Å². The highest BCUT2D eigenvalue weighted by molar-refractivity contribution is 4.98. The highest BCUT2D eigenvalue weighted by Gasteiger charge is 2.30. The Hall–Kier alpha value is -0.870. The van der Waals surface area contributed by atoms with Gasteiger partial charge in [0.05, 0.1) is 5.60 Å². The molecule has 2 N–H and O–H groups in total. The second-order valence-electron chi connectivity index (χ2n) is 4.14. The predicted octanol–water partition coefficient (Wildman–Crippen LogP) is 1.10. The van der Waals surface area contributed by atoms with E-state index in [1.165, 1.54) is 0 Å². The van der Waals surface area contributed by atoms with Crippen molar-refractivity contribution in [2.45, 2.75) is 38.3 Å². The number of aryl methyl sites for hydroxylation is 1. The molecule has 1 aromatic rings. The zero-order valence-electron chi connectivity index (χ0n) is 10.0. The van der Waals surface area contributed by atoms with Crippen LogP contribution in [-0.4, -0.2) is 28.3 Å². The molecule has 1 heterocycles. The molecular weight excluding hydrogens is 190 g/mol. The minimum Gasteiger partial charge on any atom is -0.377 e. The van der Waals surface area contributed by atoms with Gasteiger partial charge >= 0.3 is 0 Å². The number of methoxy groups -OCH3 is 1. The number of nitrogens with zero attached hydrogens (tertiary/aromatic N) is 2. The van der Waals surface area contributed by atoms with Gasteiger partial charge in [-0.3, -0.25) is 0 Å². The molecule has 0 aromatic carbocycles. The van der Waals surface area contributed by atoms with Crippen molar-refractivity contribution in [1.29, 1.82) is 0 Å². The molecule has 0 spiro atoms.